The topological polar surface area (TPSA) is 45.3 Å². The van der Waals surface area contributed by atoms with E-state index in [4.69, 9.17) is 4.74 Å². The lowest BCUT2D eigenvalue weighted by Gasteiger charge is -2.26. The van der Waals surface area contributed by atoms with Gasteiger partial charge in [-0.05, 0) is 73.8 Å². The van der Waals surface area contributed by atoms with Crippen LogP contribution in [0.25, 0.3) is 22.5 Å². The summed E-state index contributed by atoms with van der Waals surface area (Å²) in [6.07, 6.45) is 4.28. The van der Waals surface area contributed by atoms with Crippen molar-refractivity contribution in [2.45, 2.75) is 45.0 Å². The van der Waals surface area contributed by atoms with E-state index >= 15 is 0 Å². The summed E-state index contributed by atoms with van der Waals surface area (Å²) in [6.45, 7) is 7.18. The van der Waals surface area contributed by atoms with E-state index in [-0.39, 0.29) is 5.91 Å². The van der Waals surface area contributed by atoms with Crippen LogP contribution in [0.3, 0.4) is 0 Å². The molecule has 30 heavy (non-hydrogen) atoms. The molecular weight excluding hydrogens is 408 g/mol. The van der Waals surface area contributed by atoms with Gasteiger partial charge in [-0.25, -0.2) is 0 Å². The van der Waals surface area contributed by atoms with Gasteiger partial charge in [0, 0.05) is 28.3 Å². The molecule has 0 saturated carbocycles. The maximum atomic E-state index is 6.25. The Balaban J connectivity index is 1.51. The SMILES string of the molecule is C/C=C(\NC(C)PC)c1ccc2c(c1)COc1cc3c(cc1-2)CCC1=C3NC(P)N1. The highest BCUT2D eigenvalue weighted by Gasteiger charge is 2.29. The predicted molar refractivity (Wildman–Crippen MR) is 132 cm³/mol. The second-order valence-corrected chi connectivity index (χ2v) is 10.3. The van der Waals surface area contributed by atoms with Crippen LogP contribution >= 0.6 is 17.8 Å². The Morgan fingerprint density at radius 1 is 1.17 bits per heavy atom. The number of aryl methyl sites for hydroxylation is 1. The molecule has 2 aliphatic heterocycles. The van der Waals surface area contributed by atoms with Gasteiger partial charge in [-0.3, -0.25) is 0 Å². The molecular formula is C24H29N3OP2. The fraction of sp³-hybridized carbons (Fsp3) is 0.333. The van der Waals surface area contributed by atoms with Crippen molar-refractivity contribution in [2.24, 2.45) is 0 Å². The van der Waals surface area contributed by atoms with Gasteiger partial charge in [0.1, 0.15) is 18.3 Å². The molecule has 4 nitrogen and oxygen atoms in total. The van der Waals surface area contributed by atoms with Crippen LogP contribution in [0, 0.1) is 0 Å². The zero-order valence-electron chi connectivity index (χ0n) is 17.7. The maximum absolute atomic E-state index is 6.25. The molecule has 0 saturated heterocycles. The molecule has 3 aliphatic rings. The molecule has 3 N–H and O–H groups in total. The van der Waals surface area contributed by atoms with E-state index in [2.05, 4.69) is 82.1 Å². The van der Waals surface area contributed by atoms with Gasteiger partial charge in [0.05, 0.1) is 5.70 Å². The van der Waals surface area contributed by atoms with E-state index in [1.807, 2.05) is 0 Å². The van der Waals surface area contributed by atoms with Gasteiger partial charge in [-0.1, -0.05) is 27.4 Å². The molecule has 0 spiro atoms. The molecule has 6 heteroatoms. The number of allylic oxidation sites excluding steroid dienone is 2. The van der Waals surface area contributed by atoms with Gasteiger partial charge in [0.2, 0.25) is 0 Å². The Morgan fingerprint density at radius 2 is 2.03 bits per heavy atom. The highest BCUT2D eigenvalue weighted by Crippen LogP contribution is 2.44. The van der Waals surface area contributed by atoms with Crippen LogP contribution in [-0.2, 0) is 13.0 Å². The van der Waals surface area contributed by atoms with E-state index < -0.39 is 0 Å². The fourth-order valence-corrected chi connectivity index (χ4v) is 5.24. The summed E-state index contributed by atoms with van der Waals surface area (Å²) in [5, 5.41) is 10.7. The predicted octanol–water partition coefficient (Wildman–Crippen LogP) is 4.82. The average Bonchev–Trinajstić information content (AvgIpc) is 3.16. The largest absolute Gasteiger partial charge is 0.488 e. The highest BCUT2D eigenvalue weighted by atomic mass is 31.1. The number of ether oxygens (including phenoxy) is 1. The van der Waals surface area contributed by atoms with Gasteiger partial charge >= 0.3 is 0 Å². The molecule has 156 valence electrons. The van der Waals surface area contributed by atoms with Crippen molar-refractivity contribution in [2.75, 3.05) is 6.66 Å². The molecule has 2 aromatic carbocycles. The van der Waals surface area contributed by atoms with E-state index in [1.165, 1.54) is 50.5 Å². The van der Waals surface area contributed by atoms with Crippen molar-refractivity contribution < 1.29 is 4.74 Å². The first kappa shape index (κ1) is 19.9. The Labute approximate surface area is 182 Å². The number of nitrogens with one attached hydrogen (secondary N) is 3. The van der Waals surface area contributed by atoms with Crippen LogP contribution in [0.15, 0.2) is 42.1 Å². The first-order chi connectivity index (χ1) is 14.6. The van der Waals surface area contributed by atoms with Crippen molar-refractivity contribution >= 4 is 29.2 Å². The smallest absolute Gasteiger partial charge is 0.128 e. The summed E-state index contributed by atoms with van der Waals surface area (Å²) in [5.41, 5.74) is 11.4. The number of hydrogen-bond donors (Lipinski definition) is 3. The highest BCUT2D eigenvalue weighted by molar-refractivity contribution is 7.37. The standard InChI is InChI=1S/C24H29N3OP2/c1-4-20(25-13(2)30-3)15-5-7-17-16(9-15)12-28-22-11-18-14(10-19(17)22)6-8-21-23(18)27-24(29)26-21/h4-5,7,9-11,13,24-27,30H,6,8,12,29H2,1-3H3/b20-4-. The average molecular weight is 437 g/mol. The van der Waals surface area contributed by atoms with Crippen LogP contribution < -0.4 is 20.7 Å². The number of benzene rings is 2. The lowest BCUT2D eigenvalue weighted by atomic mass is 9.87. The molecule has 1 aliphatic carbocycles. The summed E-state index contributed by atoms with van der Waals surface area (Å²) in [4.78, 5) is 0. The van der Waals surface area contributed by atoms with E-state index in [9.17, 15) is 0 Å². The van der Waals surface area contributed by atoms with Crippen LogP contribution in [0.4, 0.5) is 0 Å². The Morgan fingerprint density at radius 3 is 2.83 bits per heavy atom. The monoisotopic (exact) mass is 437 g/mol. The fourth-order valence-electron chi connectivity index (χ4n) is 4.57. The lowest BCUT2D eigenvalue weighted by Crippen LogP contribution is -2.25. The minimum atomic E-state index is 0.211. The van der Waals surface area contributed by atoms with E-state index in [0.717, 1.165) is 27.2 Å². The van der Waals surface area contributed by atoms with Gasteiger partial charge < -0.3 is 20.7 Å². The molecule has 0 amide bonds. The third-order valence-corrected chi connectivity index (χ3v) is 7.58. The van der Waals surface area contributed by atoms with Crippen LogP contribution in [0.1, 0.15) is 42.5 Å². The van der Waals surface area contributed by atoms with Crippen LogP contribution in [0.2, 0.25) is 0 Å². The summed E-state index contributed by atoms with van der Waals surface area (Å²) in [7, 11) is 3.67. The molecule has 0 fully saturated rings. The van der Waals surface area contributed by atoms with Crippen molar-refractivity contribution in [1.82, 2.24) is 16.0 Å². The second-order valence-electron chi connectivity index (χ2n) is 8.14. The van der Waals surface area contributed by atoms with Gasteiger partial charge in [0.25, 0.3) is 0 Å². The van der Waals surface area contributed by atoms with Crippen molar-refractivity contribution in [3.63, 3.8) is 0 Å². The summed E-state index contributed by atoms with van der Waals surface area (Å²) in [5.74, 6) is 1.68. The first-order valence-corrected chi connectivity index (χ1v) is 12.9. The molecule has 0 aromatic heterocycles. The second kappa shape index (κ2) is 7.91. The number of rotatable bonds is 4. The normalized spacial score (nSPS) is 20.5. The molecule has 5 rings (SSSR count). The number of hydrogen-bond acceptors (Lipinski definition) is 4. The Bertz CT molecular complexity index is 1080. The molecule has 0 bridgehead atoms. The Hall–Kier alpha value is -2.02. The zero-order chi connectivity index (χ0) is 20.8. The number of fused-ring (bicyclic) bond motifs is 5. The molecule has 4 unspecified atom stereocenters. The quantitative estimate of drug-likeness (QED) is 0.601. The third-order valence-electron chi connectivity index (χ3n) is 6.23. The van der Waals surface area contributed by atoms with Crippen molar-refractivity contribution in [3.05, 3.63) is 64.4 Å². The van der Waals surface area contributed by atoms with Gasteiger partial charge in [-0.15, -0.1) is 8.58 Å². The first-order valence-electron chi connectivity index (χ1n) is 10.6. The molecule has 2 aromatic rings. The zero-order valence-corrected chi connectivity index (χ0v) is 19.9. The molecule has 0 radical (unpaired) electrons. The van der Waals surface area contributed by atoms with Gasteiger partial charge in [-0.2, -0.15) is 0 Å². The molecule has 4 atom stereocenters. The van der Waals surface area contributed by atoms with E-state index in [1.54, 1.807) is 0 Å². The maximum Gasteiger partial charge on any atom is 0.128 e. The summed E-state index contributed by atoms with van der Waals surface area (Å²) < 4.78 is 6.25. The molecule has 2 heterocycles. The van der Waals surface area contributed by atoms with Gasteiger partial charge in [0.15, 0.2) is 0 Å². The van der Waals surface area contributed by atoms with Crippen LogP contribution in [0.5, 0.6) is 5.75 Å². The van der Waals surface area contributed by atoms with E-state index in [0.29, 0.717) is 12.4 Å². The third kappa shape index (κ3) is 3.41. The van der Waals surface area contributed by atoms with Crippen LogP contribution in [-0.4, -0.2) is 18.4 Å². The van der Waals surface area contributed by atoms with Crippen molar-refractivity contribution in [1.29, 1.82) is 0 Å². The minimum absolute atomic E-state index is 0.211. The summed E-state index contributed by atoms with van der Waals surface area (Å²) >= 11 is 0. The Kier molecular flexibility index (Phi) is 5.25. The minimum Gasteiger partial charge on any atom is -0.488 e. The summed E-state index contributed by atoms with van der Waals surface area (Å²) in [6, 6.07) is 11.4. The lowest BCUT2D eigenvalue weighted by molar-refractivity contribution is 0.302. The van der Waals surface area contributed by atoms with Crippen molar-refractivity contribution in [3.8, 4) is 16.9 Å².